The summed E-state index contributed by atoms with van der Waals surface area (Å²) in [5.41, 5.74) is 1.12. The summed E-state index contributed by atoms with van der Waals surface area (Å²) in [6.45, 7) is 1.91. The summed E-state index contributed by atoms with van der Waals surface area (Å²) >= 11 is 0. The lowest BCUT2D eigenvalue weighted by atomic mass is 10.2. The van der Waals surface area contributed by atoms with E-state index in [2.05, 4.69) is 5.32 Å². The van der Waals surface area contributed by atoms with Gasteiger partial charge in [-0.25, -0.2) is 4.39 Å². The van der Waals surface area contributed by atoms with E-state index in [0.717, 1.165) is 18.7 Å². The SMILES string of the molecule is COCCNCc1cccc(OCCF)c1. The van der Waals surface area contributed by atoms with E-state index in [1.807, 2.05) is 24.3 Å². The van der Waals surface area contributed by atoms with Crippen LogP contribution in [0.5, 0.6) is 5.75 Å². The third-order valence-electron chi connectivity index (χ3n) is 2.06. The minimum Gasteiger partial charge on any atom is -0.491 e. The third kappa shape index (κ3) is 5.09. The molecule has 0 amide bonds. The molecular weight excluding hydrogens is 209 g/mol. The molecule has 1 aromatic rings. The van der Waals surface area contributed by atoms with Crippen molar-refractivity contribution in [3.05, 3.63) is 29.8 Å². The number of methoxy groups -OCH3 is 1. The highest BCUT2D eigenvalue weighted by molar-refractivity contribution is 5.28. The van der Waals surface area contributed by atoms with Gasteiger partial charge in [-0.3, -0.25) is 0 Å². The Labute approximate surface area is 95.6 Å². The zero-order chi connectivity index (χ0) is 11.6. The van der Waals surface area contributed by atoms with Gasteiger partial charge in [0.25, 0.3) is 0 Å². The molecule has 0 heterocycles. The molecule has 0 saturated carbocycles. The smallest absolute Gasteiger partial charge is 0.123 e. The van der Waals surface area contributed by atoms with Gasteiger partial charge in [-0.1, -0.05) is 12.1 Å². The predicted molar refractivity (Wildman–Crippen MR) is 61.5 cm³/mol. The zero-order valence-electron chi connectivity index (χ0n) is 9.54. The Morgan fingerprint density at radius 3 is 2.94 bits per heavy atom. The number of halogens is 1. The van der Waals surface area contributed by atoms with Crippen molar-refractivity contribution in [1.29, 1.82) is 0 Å². The lowest BCUT2D eigenvalue weighted by Crippen LogP contribution is -2.18. The van der Waals surface area contributed by atoms with Crippen molar-refractivity contribution < 1.29 is 13.9 Å². The van der Waals surface area contributed by atoms with Gasteiger partial charge in [0, 0.05) is 20.2 Å². The van der Waals surface area contributed by atoms with Crippen LogP contribution in [0.3, 0.4) is 0 Å². The highest BCUT2D eigenvalue weighted by Gasteiger charge is 1.96. The number of nitrogens with one attached hydrogen (secondary N) is 1. The number of ether oxygens (including phenoxy) is 2. The second-order valence-electron chi connectivity index (χ2n) is 3.35. The van der Waals surface area contributed by atoms with Gasteiger partial charge in [-0.15, -0.1) is 0 Å². The van der Waals surface area contributed by atoms with Crippen LogP contribution in [0.15, 0.2) is 24.3 Å². The first-order valence-corrected chi connectivity index (χ1v) is 5.34. The standard InChI is InChI=1S/C12H18FNO2/c1-15-8-6-14-10-11-3-2-4-12(9-11)16-7-5-13/h2-4,9,14H,5-8,10H2,1H3. The maximum absolute atomic E-state index is 11.9. The van der Waals surface area contributed by atoms with Gasteiger partial charge in [0.2, 0.25) is 0 Å². The minimum absolute atomic E-state index is 0.112. The van der Waals surface area contributed by atoms with E-state index in [4.69, 9.17) is 9.47 Å². The van der Waals surface area contributed by atoms with Crippen molar-refractivity contribution in [1.82, 2.24) is 5.32 Å². The number of rotatable bonds is 8. The van der Waals surface area contributed by atoms with Crippen LogP contribution < -0.4 is 10.1 Å². The fraction of sp³-hybridized carbons (Fsp3) is 0.500. The number of hydrogen-bond acceptors (Lipinski definition) is 3. The molecule has 1 rings (SSSR count). The average molecular weight is 227 g/mol. The van der Waals surface area contributed by atoms with Crippen molar-refractivity contribution in [3.63, 3.8) is 0 Å². The highest BCUT2D eigenvalue weighted by atomic mass is 19.1. The van der Waals surface area contributed by atoms with Gasteiger partial charge in [0.1, 0.15) is 19.0 Å². The Kier molecular flexibility index (Phi) is 6.53. The van der Waals surface area contributed by atoms with Crippen LogP contribution in [0.25, 0.3) is 0 Å². The third-order valence-corrected chi connectivity index (χ3v) is 2.06. The first-order chi connectivity index (χ1) is 7.86. The molecule has 0 bridgehead atoms. The molecule has 4 heteroatoms. The summed E-state index contributed by atoms with van der Waals surface area (Å²) < 4.78 is 22.0. The Hall–Kier alpha value is -1.13. The van der Waals surface area contributed by atoms with Crippen LogP contribution in [-0.2, 0) is 11.3 Å². The maximum atomic E-state index is 11.9. The average Bonchev–Trinajstić information content (AvgIpc) is 2.33. The van der Waals surface area contributed by atoms with Gasteiger partial charge in [0.15, 0.2) is 0 Å². The van der Waals surface area contributed by atoms with Gasteiger partial charge in [0.05, 0.1) is 6.61 Å². The highest BCUT2D eigenvalue weighted by Crippen LogP contribution is 2.12. The number of benzene rings is 1. The molecule has 0 spiro atoms. The van der Waals surface area contributed by atoms with Gasteiger partial charge in [-0.2, -0.15) is 0 Å². The summed E-state index contributed by atoms with van der Waals surface area (Å²) in [5, 5.41) is 3.23. The summed E-state index contributed by atoms with van der Waals surface area (Å²) in [6, 6.07) is 7.65. The molecule has 16 heavy (non-hydrogen) atoms. The molecule has 0 saturated heterocycles. The fourth-order valence-corrected chi connectivity index (χ4v) is 1.31. The van der Waals surface area contributed by atoms with Crippen molar-refractivity contribution in [2.75, 3.05) is 33.5 Å². The Morgan fingerprint density at radius 2 is 2.19 bits per heavy atom. The van der Waals surface area contributed by atoms with E-state index in [0.29, 0.717) is 12.4 Å². The normalized spacial score (nSPS) is 10.4. The second-order valence-corrected chi connectivity index (χ2v) is 3.35. The molecule has 0 radical (unpaired) electrons. The van der Waals surface area contributed by atoms with Gasteiger partial charge in [-0.05, 0) is 17.7 Å². The molecule has 0 aromatic heterocycles. The summed E-state index contributed by atoms with van der Waals surface area (Å²) in [6.07, 6.45) is 0. The van der Waals surface area contributed by atoms with Crippen molar-refractivity contribution in [2.45, 2.75) is 6.54 Å². The van der Waals surface area contributed by atoms with Crippen molar-refractivity contribution in [3.8, 4) is 5.75 Å². The summed E-state index contributed by atoms with van der Waals surface area (Å²) in [7, 11) is 1.67. The Balaban J connectivity index is 2.35. The molecule has 0 fully saturated rings. The van der Waals surface area contributed by atoms with Gasteiger partial charge >= 0.3 is 0 Å². The van der Waals surface area contributed by atoms with E-state index >= 15 is 0 Å². The largest absolute Gasteiger partial charge is 0.491 e. The van der Waals surface area contributed by atoms with Crippen LogP contribution in [0.1, 0.15) is 5.56 Å². The van der Waals surface area contributed by atoms with Crippen molar-refractivity contribution in [2.24, 2.45) is 0 Å². The molecule has 1 aromatic carbocycles. The molecule has 0 unspecified atom stereocenters. The Bertz CT molecular complexity index is 294. The van der Waals surface area contributed by atoms with Crippen LogP contribution in [0.4, 0.5) is 4.39 Å². The quantitative estimate of drug-likeness (QED) is 0.687. The molecule has 0 aliphatic heterocycles. The second kappa shape index (κ2) is 8.07. The van der Waals surface area contributed by atoms with E-state index in [1.165, 1.54) is 0 Å². The topological polar surface area (TPSA) is 30.5 Å². The maximum Gasteiger partial charge on any atom is 0.123 e. The van der Waals surface area contributed by atoms with Crippen LogP contribution >= 0.6 is 0 Å². The monoisotopic (exact) mass is 227 g/mol. The van der Waals surface area contributed by atoms with E-state index in [1.54, 1.807) is 7.11 Å². The molecule has 1 N–H and O–H groups in total. The van der Waals surface area contributed by atoms with E-state index in [9.17, 15) is 4.39 Å². The van der Waals surface area contributed by atoms with Crippen molar-refractivity contribution >= 4 is 0 Å². The van der Waals surface area contributed by atoms with Crippen LogP contribution in [0.2, 0.25) is 0 Å². The van der Waals surface area contributed by atoms with Gasteiger partial charge < -0.3 is 14.8 Å². The Morgan fingerprint density at radius 1 is 1.31 bits per heavy atom. The van der Waals surface area contributed by atoms with Crippen LogP contribution in [-0.4, -0.2) is 33.5 Å². The summed E-state index contributed by atoms with van der Waals surface area (Å²) in [5.74, 6) is 0.712. The minimum atomic E-state index is -0.462. The van der Waals surface area contributed by atoms with Crippen LogP contribution in [0, 0.1) is 0 Å². The lowest BCUT2D eigenvalue weighted by Gasteiger charge is -2.07. The van der Waals surface area contributed by atoms with E-state index < -0.39 is 6.67 Å². The molecule has 0 atom stereocenters. The molecule has 90 valence electrons. The number of alkyl halides is 1. The molecule has 3 nitrogen and oxygen atoms in total. The first-order valence-electron chi connectivity index (χ1n) is 5.34. The number of hydrogen-bond donors (Lipinski definition) is 1. The molecule has 0 aliphatic carbocycles. The lowest BCUT2D eigenvalue weighted by molar-refractivity contribution is 0.199. The predicted octanol–water partition coefficient (Wildman–Crippen LogP) is 1.77. The molecule has 0 aliphatic rings. The molecular formula is C12H18FNO2. The van der Waals surface area contributed by atoms with E-state index in [-0.39, 0.29) is 6.61 Å². The zero-order valence-corrected chi connectivity index (χ0v) is 9.54. The summed E-state index contributed by atoms with van der Waals surface area (Å²) in [4.78, 5) is 0. The fourth-order valence-electron chi connectivity index (χ4n) is 1.31. The first kappa shape index (κ1) is 12.9.